The van der Waals surface area contributed by atoms with E-state index >= 15 is 0 Å². The molecule has 2 rings (SSSR count). The van der Waals surface area contributed by atoms with Crippen molar-refractivity contribution < 1.29 is 13.2 Å². The average Bonchev–Trinajstić information content (AvgIpc) is 3.31. The first-order chi connectivity index (χ1) is 12.9. The molecule has 1 aliphatic heterocycles. The molecule has 1 atom stereocenters. The van der Waals surface area contributed by atoms with E-state index in [9.17, 15) is 8.42 Å². The first kappa shape index (κ1) is 25.6. The molecule has 10 heteroatoms. The molecule has 162 valence electrons. The number of nitrogens with one attached hydrogen (secondary N) is 1. The molecule has 1 N–H and O–H groups in total. The maximum atomic E-state index is 12.6. The smallest absolute Gasteiger partial charge is 0.252 e. The van der Waals surface area contributed by atoms with Gasteiger partial charge >= 0.3 is 0 Å². The fourth-order valence-electron chi connectivity index (χ4n) is 3.21. The molecule has 0 amide bonds. The van der Waals surface area contributed by atoms with Gasteiger partial charge in [-0.3, -0.25) is 4.99 Å². The van der Waals surface area contributed by atoms with Gasteiger partial charge in [0.25, 0.3) is 10.0 Å². The van der Waals surface area contributed by atoms with Crippen LogP contribution in [0.5, 0.6) is 0 Å². The first-order valence-electron chi connectivity index (χ1n) is 9.50. The van der Waals surface area contributed by atoms with Crippen LogP contribution < -0.4 is 5.32 Å². The van der Waals surface area contributed by atoms with E-state index in [1.165, 1.54) is 15.6 Å². The number of nitrogens with zero attached hydrogens (tertiary/aromatic N) is 3. The molecular weight excluding hydrogens is 511 g/mol. The number of halogens is 1. The van der Waals surface area contributed by atoms with Crippen LogP contribution >= 0.6 is 35.3 Å². The third-order valence-electron chi connectivity index (χ3n) is 4.72. The lowest BCUT2D eigenvalue weighted by Gasteiger charge is -2.24. The van der Waals surface area contributed by atoms with Crippen molar-refractivity contribution >= 4 is 51.3 Å². The Morgan fingerprint density at radius 1 is 1.36 bits per heavy atom. The van der Waals surface area contributed by atoms with Crippen molar-refractivity contribution in [1.82, 2.24) is 14.5 Å². The van der Waals surface area contributed by atoms with Crippen LogP contribution in [0.3, 0.4) is 0 Å². The molecule has 2 heterocycles. The van der Waals surface area contributed by atoms with Crippen LogP contribution in [0.4, 0.5) is 0 Å². The highest BCUT2D eigenvalue weighted by molar-refractivity contribution is 14.0. The molecule has 0 radical (unpaired) electrons. The van der Waals surface area contributed by atoms with Crippen molar-refractivity contribution in [3.8, 4) is 0 Å². The topological polar surface area (TPSA) is 74.2 Å². The van der Waals surface area contributed by atoms with Crippen LogP contribution in [0.1, 0.15) is 25.1 Å². The van der Waals surface area contributed by atoms with Crippen LogP contribution in [0.25, 0.3) is 0 Å². The lowest BCUT2D eigenvalue weighted by Crippen LogP contribution is -2.42. The fourth-order valence-corrected chi connectivity index (χ4v) is 6.17. The summed E-state index contributed by atoms with van der Waals surface area (Å²) in [6.07, 6.45) is 1.86. The van der Waals surface area contributed by atoms with E-state index in [0.717, 1.165) is 43.4 Å². The third-order valence-corrected chi connectivity index (χ3v) is 8.38. The van der Waals surface area contributed by atoms with E-state index in [-0.39, 0.29) is 24.0 Å². The number of hydrogen-bond acceptors (Lipinski definition) is 5. The minimum absolute atomic E-state index is 0. The van der Waals surface area contributed by atoms with Crippen molar-refractivity contribution in [1.29, 1.82) is 0 Å². The quantitative estimate of drug-likeness (QED) is 0.294. The van der Waals surface area contributed by atoms with Crippen molar-refractivity contribution in [3.05, 3.63) is 17.0 Å². The predicted molar refractivity (Wildman–Crippen MR) is 126 cm³/mol. The van der Waals surface area contributed by atoms with Crippen molar-refractivity contribution in [2.45, 2.75) is 30.9 Å². The standard InChI is InChI=1S/C18H32N4O3S2.HI/c1-5-22(6-2)27(23,24)17-8-7-16(26-17)9-11-20-18(19-3)21(4)13-15-10-12-25-14-15;/h7-8,15H,5-6,9-14H2,1-4H3,(H,19,20);1H. The molecule has 0 bridgehead atoms. The molecule has 0 aliphatic carbocycles. The largest absolute Gasteiger partial charge is 0.381 e. The number of ether oxygens (including phenoxy) is 1. The molecule has 7 nitrogen and oxygen atoms in total. The summed E-state index contributed by atoms with van der Waals surface area (Å²) in [5, 5.41) is 3.37. The second-order valence-corrected chi connectivity index (χ2v) is 9.98. The normalized spacial score (nSPS) is 17.6. The zero-order chi connectivity index (χ0) is 19.9. The maximum Gasteiger partial charge on any atom is 0.252 e. The summed E-state index contributed by atoms with van der Waals surface area (Å²) in [4.78, 5) is 7.52. The second kappa shape index (κ2) is 12.3. The monoisotopic (exact) mass is 544 g/mol. The number of aliphatic imine (C=N–C) groups is 1. The highest BCUT2D eigenvalue weighted by Crippen LogP contribution is 2.25. The summed E-state index contributed by atoms with van der Waals surface area (Å²) in [7, 11) is 0.451. The number of sulfonamides is 1. The van der Waals surface area contributed by atoms with Crippen LogP contribution in [0.2, 0.25) is 0 Å². The number of rotatable bonds is 9. The average molecular weight is 545 g/mol. The van der Waals surface area contributed by atoms with Crippen molar-refractivity contribution in [2.24, 2.45) is 10.9 Å². The van der Waals surface area contributed by atoms with E-state index in [1.54, 1.807) is 13.1 Å². The molecule has 0 aromatic carbocycles. The van der Waals surface area contributed by atoms with Gasteiger partial charge in [0.1, 0.15) is 4.21 Å². The van der Waals surface area contributed by atoms with Gasteiger partial charge in [0, 0.05) is 57.7 Å². The molecule has 0 spiro atoms. The Balaban J connectivity index is 0.00000392. The summed E-state index contributed by atoms with van der Waals surface area (Å²) >= 11 is 1.35. The van der Waals surface area contributed by atoms with E-state index in [0.29, 0.717) is 29.8 Å². The Kier molecular flexibility index (Phi) is 11.3. The van der Waals surface area contributed by atoms with E-state index in [4.69, 9.17) is 4.74 Å². The van der Waals surface area contributed by atoms with E-state index in [2.05, 4.69) is 15.2 Å². The van der Waals surface area contributed by atoms with Gasteiger partial charge in [0.05, 0.1) is 6.61 Å². The second-order valence-electron chi connectivity index (χ2n) is 6.64. The van der Waals surface area contributed by atoms with E-state index in [1.807, 2.05) is 27.0 Å². The molecular formula is C18H33IN4O3S2. The van der Waals surface area contributed by atoms with Gasteiger partial charge in [-0.2, -0.15) is 4.31 Å². The van der Waals surface area contributed by atoms with Crippen LogP contribution in [-0.2, 0) is 21.2 Å². The Morgan fingerprint density at radius 2 is 2.07 bits per heavy atom. The molecule has 1 fully saturated rings. The summed E-state index contributed by atoms with van der Waals surface area (Å²) in [6.45, 7) is 8.00. The Labute approximate surface area is 190 Å². The van der Waals surface area contributed by atoms with Gasteiger partial charge in [0.15, 0.2) is 5.96 Å². The minimum Gasteiger partial charge on any atom is -0.381 e. The van der Waals surface area contributed by atoms with Gasteiger partial charge in [-0.05, 0) is 25.0 Å². The van der Waals surface area contributed by atoms with Crippen molar-refractivity contribution in [2.75, 3.05) is 53.5 Å². The molecule has 1 unspecified atom stereocenters. The van der Waals surface area contributed by atoms with Gasteiger partial charge in [-0.25, -0.2) is 8.42 Å². The summed E-state index contributed by atoms with van der Waals surface area (Å²) in [5.41, 5.74) is 0. The van der Waals surface area contributed by atoms with Crippen LogP contribution in [0.15, 0.2) is 21.3 Å². The summed E-state index contributed by atoms with van der Waals surface area (Å²) in [5.74, 6) is 1.41. The van der Waals surface area contributed by atoms with Crippen molar-refractivity contribution in [3.63, 3.8) is 0 Å². The molecule has 28 heavy (non-hydrogen) atoms. The number of hydrogen-bond donors (Lipinski definition) is 1. The summed E-state index contributed by atoms with van der Waals surface area (Å²) < 4.78 is 32.5. The minimum atomic E-state index is -3.37. The molecule has 1 aliphatic rings. The third kappa shape index (κ3) is 6.82. The van der Waals surface area contributed by atoms with Crippen LogP contribution in [0, 0.1) is 5.92 Å². The number of guanidine groups is 1. The predicted octanol–water partition coefficient (Wildman–Crippen LogP) is 2.48. The lowest BCUT2D eigenvalue weighted by atomic mass is 10.1. The number of thiophene rings is 1. The fraction of sp³-hybridized carbons (Fsp3) is 0.722. The van der Waals surface area contributed by atoms with Gasteiger partial charge < -0.3 is 15.0 Å². The van der Waals surface area contributed by atoms with Gasteiger partial charge in [-0.15, -0.1) is 35.3 Å². The highest BCUT2D eigenvalue weighted by Gasteiger charge is 2.23. The zero-order valence-corrected chi connectivity index (χ0v) is 21.1. The van der Waals surface area contributed by atoms with E-state index < -0.39 is 10.0 Å². The summed E-state index contributed by atoms with van der Waals surface area (Å²) in [6, 6.07) is 3.62. The highest BCUT2D eigenvalue weighted by atomic mass is 127. The Bertz CT molecular complexity index is 714. The molecule has 0 saturated carbocycles. The SMILES string of the molecule is CCN(CC)S(=O)(=O)c1ccc(CCNC(=NC)N(C)CC2CCOC2)s1.I. The molecule has 1 saturated heterocycles. The van der Waals surface area contributed by atoms with Gasteiger partial charge in [0.2, 0.25) is 0 Å². The zero-order valence-electron chi connectivity index (χ0n) is 17.2. The Hall–Kier alpha value is -0.430. The van der Waals surface area contributed by atoms with Crippen LogP contribution in [-0.4, -0.2) is 77.1 Å². The van der Waals surface area contributed by atoms with Gasteiger partial charge in [-0.1, -0.05) is 13.8 Å². The molecule has 1 aromatic rings. The first-order valence-corrected chi connectivity index (χ1v) is 11.8. The lowest BCUT2D eigenvalue weighted by molar-refractivity contribution is 0.181. The maximum absolute atomic E-state index is 12.6. The molecule has 1 aromatic heterocycles. The Morgan fingerprint density at radius 3 is 2.64 bits per heavy atom.